The van der Waals surface area contributed by atoms with Gasteiger partial charge in [-0.1, -0.05) is 5.16 Å². The standard InChI is InChI=1S/C13H13N5OS/c1-8-12(20-11(7-14)16-8)13-17-10(18-19-13)6-9-2-4-15-5-3-9/h2-5H,6-7,14H2,1H3. The van der Waals surface area contributed by atoms with E-state index in [2.05, 4.69) is 20.1 Å². The molecular formula is C13H13N5OS. The molecule has 7 heteroatoms. The van der Waals surface area contributed by atoms with Gasteiger partial charge in [-0.25, -0.2) is 4.98 Å². The molecule has 0 atom stereocenters. The Kier molecular flexibility index (Phi) is 3.53. The van der Waals surface area contributed by atoms with Gasteiger partial charge in [0.15, 0.2) is 5.82 Å². The van der Waals surface area contributed by atoms with Crippen molar-refractivity contribution in [2.75, 3.05) is 0 Å². The molecule has 20 heavy (non-hydrogen) atoms. The average Bonchev–Trinajstić information content (AvgIpc) is 3.06. The molecule has 6 nitrogen and oxygen atoms in total. The smallest absolute Gasteiger partial charge is 0.269 e. The third-order valence-corrected chi connectivity index (χ3v) is 3.96. The number of pyridine rings is 1. The summed E-state index contributed by atoms with van der Waals surface area (Å²) in [5, 5.41) is 4.87. The predicted molar refractivity (Wildman–Crippen MR) is 75.1 cm³/mol. The van der Waals surface area contributed by atoms with E-state index in [0.29, 0.717) is 24.7 Å². The number of nitrogens with two attached hydrogens (primary N) is 1. The van der Waals surface area contributed by atoms with E-state index in [-0.39, 0.29) is 0 Å². The second kappa shape index (κ2) is 5.48. The largest absolute Gasteiger partial charge is 0.333 e. The van der Waals surface area contributed by atoms with E-state index in [1.54, 1.807) is 12.4 Å². The van der Waals surface area contributed by atoms with Crippen LogP contribution in [-0.2, 0) is 13.0 Å². The third-order valence-electron chi connectivity index (χ3n) is 2.79. The summed E-state index contributed by atoms with van der Waals surface area (Å²) in [7, 11) is 0. The summed E-state index contributed by atoms with van der Waals surface area (Å²) in [6.07, 6.45) is 4.11. The summed E-state index contributed by atoms with van der Waals surface area (Å²) in [4.78, 5) is 13.6. The molecule has 0 amide bonds. The number of thiazole rings is 1. The number of aromatic nitrogens is 4. The van der Waals surface area contributed by atoms with Crippen molar-refractivity contribution >= 4 is 11.3 Å². The normalized spacial score (nSPS) is 10.9. The average molecular weight is 287 g/mol. The Morgan fingerprint density at radius 2 is 2.05 bits per heavy atom. The topological polar surface area (TPSA) is 90.7 Å². The van der Waals surface area contributed by atoms with Gasteiger partial charge in [0.2, 0.25) is 0 Å². The van der Waals surface area contributed by atoms with Crippen LogP contribution in [0.1, 0.15) is 22.1 Å². The van der Waals surface area contributed by atoms with Crippen molar-refractivity contribution in [3.05, 3.63) is 46.6 Å². The fraction of sp³-hybridized carbons (Fsp3) is 0.231. The molecule has 102 valence electrons. The molecule has 0 fully saturated rings. The third kappa shape index (κ3) is 2.59. The van der Waals surface area contributed by atoms with E-state index in [9.17, 15) is 0 Å². The summed E-state index contributed by atoms with van der Waals surface area (Å²) < 4.78 is 5.31. The number of hydrogen-bond donors (Lipinski definition) is 1. The van der Waals surface area contributed by atoms with Crippen molar-refractivity contribution in [3.8, 4) is 10.8 Å². The molecule has 3 rings (SSSR count). The van der Waals surface area contributed by atoms with E-state index in [1.165, 1.54) is 11.3 Å². The molecule has 0 aliphatic heterocycles. The molecule has 0 aliphatic carbocycles. The first-order valence-electron chi connectivity index (χ1n) is 6.14. The minimum atomic E-state index is 0.420. The van der Waals surface area contributed by atoms with Gasteiger partial charge in [-0.15, -0.1) is 11.3 Å². The molecule has 0 aliphatic rings. The van der Waals surface area contributed by atoms with Crippen LogP contribution in [0, 0.1) is 6.92 Å². The van der Waals surface area contributed by atoms with Crippen LogP contribution in [0.4, 0.5) is 0 Å². The van der Waals surface area contributed by atoms with Crippen molar-refractivity contribution in [1.29, 1.82) is 0 Å². The Hall–Kier alpha value is -2.12. The second-order valence-electron chi connectivity index (χ2n) is 4.27. The van der Waals surface area contributed by atoms with Crippen molar-refractivity contribution in [3.63, 3.8) is 0 Å². The van der Waals surface area contributed by atoms with Crippen LogP contribution in [0.3, 0.4) is 0 Å². The maximum atomic E-state index is 5.59. The molecule has 0 radical (unpaired) electrons. The second-order valence-corrected chi connectivity index (χ2v) is 5.36. The van der Waals surface area contributed by atoms with Crippen LogP contribution in [-0.4, -0.2) is 20.1 Å². The lowest BCUT2D eigenvalue weighted by Gasteiger charge is -1.93. The number of hydrogen-bond acceptors (Lipinski definition) is 7. The monoisotopic (exact) mass is 287 g/mol. The van der Waals surface area contributed by atoms with Crippen molar-refractivity contribution in [2.24, 2.45) is 5.73 Å². The Morgan fingerprint density at radius 3 is 2.75 bits per heavy atom. The van der Waals surface area contributed by atoms with E-state index in [0.717, 1.165) is 21.1 Å². The molecule has 0 saturated carbocycles. The Labute approximate surface area is 119 Å². The molecule has 3 aromatic heterocycles. The molecule has 3 aromatic rings. The highest BCUT2D eigenvalue weighted by atomic mass is 32.1. The van der Waals surface area contributed by atoms with Crippen molar-refractivity contribution < 1.29 is 4.52 Å². The number of nitrogens with zero attached hydrogens (tertiary/aromatic N) is 4. The fourth-order valence-corrected chi connectivity index (χ4v) is 2.70. The van der Waals surface area contributed by atoms with E-state index in [4.69, 9.17) is 10.3 Å². The summed E-state index contributed by atoms with van der Waals surface area (Å²) >= 11 is 1.49. The van der Waals surface area contributed by atoms with Gasteiger partial charge in [-0.2, -0.15) is 4.98 Å². The minimum Gasteiger partial charge on any atom is -0.333 e. The van der Waals surface area contributed by atoms with Gasteiger partial charge < -0.3 is 10.3 Å². The SMILES string of the molecule is Cc1nc(CN)sc1-c1nc(Cc2ccncc2)no1. The zero-order chi connectivity index (χ0) is 13.9. The zero-order valence-corrected chi connectivity index (χ0v) is 11.7. The molecule has 3 heterocycles. The molecule has 0 saturated heterocycles. The fourth-order valence-electron chi connectivity index (χ4n) is 1.84. The maximum Gasteiger partial charge on any atom is 0.269 e. The highest BCUT2D eigenvalue weighted by molar-refractivity contribution is 7.15. The lowest BCUT2D eigenvalue weighted by atomic mass is 10.2. The Bertz CT molecular complexity index is 707. The van der Waals surface area contributed by atoms with Crippen LogP contribution in [0.2, 0.25) is 0 Å². The highest BCUT2D eigenvalue weighted by Gasteiger charge is 2.16. The van der Waals surface area contributed by atoms with Crippen LogP contribution >= 0.6 is 11.3 Å². The summed E-state index contributed by atoms with van der Waals surface area (Å²) in [6, 6.07) is 3.86. The number of rotatable bonds is 4. The van der Waals surface area contributed by atoms with Crippen molar-refractivity contribution in [2.45, 2.75) is 19.9 Å². The molecule has 2 N–H and O–H groups in total. The van der Waals surface area contributed by atoms with Crippen molar-refractivity contribution in [1.82, 2.24) is 20.1 Å². The van der Waals surface area contributed by atoms with Crippen LogP contribution in [0.25, 0.3) is 10.8 Å². The quantitative estimate of drug-likeness (QED) is 0.788. The van der Waals surface area contributed by atoms with E-state index >= 15 is 0 Å². The summed E-state index contributed by atoms with van der Waals surface area (Å²) in [6.45, 7) is 2.33. The predicted octanol–water partition coefficient (Wildman–Crippen LogP) is 1.95. The van der Waals surface area contributed by atoms with Gasteiger partial charge in [0.1, 0.15) is 9.88 Å². The van der Waals surface area contributed by atoms with Gasteiger partial charge in [-0.3, -0.25) is 4.98 Å². The summed E-state index contributed by atoms with van der Waals surface area (Å²) in [5.41, 5.74) is 7.56. The van der Waals surface area contributed by atoms with Gasteiger partial charge in [-0.05, 0) is 24.6 Å². The van der Waals surface area contributed by atoms with E-state index in [1.807, 2.05) is 19.1 Å². The van der Waals surface area contributed by atoms with E-state index < -0.39 is 0 Å². The molecule has 0 unspecified atom stereocenters. The first kappa shape index (κ1) is 12.9. The van der Waals surface area contributed by atoms with Gasteiger partial charge >= 0.3 is 0 Å². The maximum absolute atomic E-state index is 5.59. The Morgan fingerprint density at radius 1 is 1.25 bits per heavy atom. The first-order valence-corrected chi connectivity index (χ1v) is 6.96. The van der Waals surface area contributed by atoms with Gasteiger partial charge in [0.05, 0.1) is 5.69 Å². The molecular weight excluding hydrogens is 274 g/mol. The lowest BCUT2D eigenvalue weighted by Crippen LogP contribution is -1.94. The Balaban J connectivity index is 1.84. The lowest BCUT2D eigenvalue weighted by molar-refractivity contribution is 0.424. The molecule has 0 bridgehead atoms. The molecule has 0 aromatic carbocycles. The first-order chi connectivity index (χ1) is 9.76. The highest BCUT2D eigenvalue weighted by Crippen LogP contribution is 2.28. The minimum absolute atomic E-state index is 0.420. The van der Waals surface area contributed by atoms with Gasteiger partial charge in [0, 0.05) is 25.4 Å². The summed E-state index contributed by atoms with van der Waals surface area (Å²) in [5.74, 6) is 1.15. The van der Waals surface area contributed by atoms with Gasteiger partial charge in [0.25, 0.3) is 5.89 Å². The van der Waals surface area contributed by atoms with Crippen LogP contribution in [0.15, 0.2) is 29.0 Å². The van der Waals surface area contributed by atoms with Crippen LogP contribution < -0.4 is 5.73 Å². The van der Waals surface area contributed by atoms with Crippen LogP contribution in [0.5, 0.6) is 0 Å². The molecule has 0 spiro atoms. The number of aryl methyl sites for hydroxylation is 1. The zero-order valence-electron chi connectivity index (χ0n) is 10.9.